The van der Waals surface area contributed by atoms with Crippen LogP contribution in [0.1, 0.15) is 29.5 Å². The second-order valence-corrected chi connectivity index (χ2v) is 7.71. The summed E-state index contributed by atoms with van der Waals surface area (Å²) in [5, 5.41) is 12.6. The lowest BCUT2D eigenvalue weighted by molar-refractivity contribution is -0.122. The molecule has 1 aromatic carbocycles. The van der Waals surface area contributed by atoms with Crippen LogP contribution in [0.2, 0.25) is 0 Å². The van der Waals surface area contributed by atoms with Crippen molar-refractivity contribution < 1.29 is 9.90 Å². The third kappa shape index (κ3) is 4.51. The van der Waals surface area contributed by atoms with Gasteiger partial charge < -0.3 is 15.3 Å². The number of carbonyl (C=O) groups is 1. The first kappa shape index (κ1) is 18.9. The number of fused-ring (bicyclic) bond motifs is 1. The molecule has 148 valence electrons. The quantitative estimate of drug-likeness (QED) is 0.827. The van der Waals surface area contributed by atoms with Gasteiger partial charge in [-0.2, -0.15) is 0 Å². The molecule has 0 atom stereocenters. The number of hydrogen-bond acceptors (Lipinski definition) is 5. The van der Waals surface area contributed by atoms with Crippen LogP contribution < -0.4 is 10.2 Å². The predicted octanol–water partition coefficient (Wildman–Crippen LogP) is 1.72. The largest absolute Gasteiger partial charge is 0.393 e. The number of aromatic nitrogens is 1. The summed E-state index contributed by atoms with van der Waals surface area (Å²) in [6, 6.07) is 12.5. The lowest BCUT2D eigenvalue weighted by Gasteiger charge is -2.31. The summed E-state index contributed by atoms with van der Waals surface area (Å²) in [6.07, 6.45) is 4.11. The average molecular weight is 380 g/mol. The summed E-state index contributed by atoms with van der Waals surface area (Å²) >= 11 is 0. The van der Waals surface area contributed by atoms with Gasteiger partial charge in [-0.05, 0) is 36.5 Å². The van der Waals surface area contributed by atoms with E-state index in [1.165, 1.54) is 11.1 Å². The van der Waals surface area contributed by atoms with Crippen molar-refractivity contribution in [1.82, 2.24) is 15.2 Å². The van der Waals surface area contributed by atoms with E-state index in [9.17, 15) is 9.90 Å². The van der Waals surface area contributed by atoms with Crippen LogP contribution in [0, 0.1) is 0 Å². The molecule has 4 rings (SSSR count). The Morgan fingerprint density at radius 1 is 1.11 bits per heavy atom. The number of benzene rings is 1. The van der Waals surface area contributed by atoms with Crippen molar-refractivity contribution >= 4 is 11.7 Å². The van der Waals surface area contributed by atoms with Gasteiger partial charge >= 0.3 is 0 Å². The highest BCUT2D eigenvalue weighted by Gasteiger charge is 2.21. The lowest BCUT2D eigenvalue weighted by atomic mass is 9.99. The fraction of sp³-hybridized carbons (Fsp3) is 0.455. The molecule has 1 saturated heterocycles. The van der Waals surface area contributed by atoms with Gasteiger partial charge in [0.1, 0.15) is 5.82 Å². The summed E-state index contributed by atoms with van der Waals surface area (Å²) in [4.78, 5) is 21.4. The fourth-order valence-corrected chi connectivity index (χ4v) is 4.06. The Kier molecular flexibility index (Phi) is 5.88. The zero-order valence-electron chi connectivity index (χ0n) is 16.2. The van der Waals surface area contributed by atoms with Crippen LogP contribution in [0.5, 0.6) is 0 Å². The standard InChI is InChI=1S/C22H28N4O2/c27-20-8-11-25(12-9-20)16-21(28)24-14-18-6-3-10-23-22(18)26-13-7-17-4-1-2-5-19(17)15-26/h1-6,10,20,27H,7-9,11-16H2,(H,24,28). The predicted molar refractivity (Wildman–Crippen MR) is 109 cm³/mol. The molecule has 2 aliphatic rings. The fourth-order valence-electron chi connectivity index (χ4n) is 4.06. The van der Waals surface area contributed by atoms with Gasteiger partial charge in [-0.3, -0.25) is 9.69 Å². The van der Waals surface area contributed by atoms with Crippen LogP contribution in [0.3, 0.4) is 0 Å². The van der Waals surface area contributed by atoms with Crippen molar-refractivity contribution in [2.45, 2.75) is 38.5 Å². The Labute approximate surface area is 166 Å². The van der Waals surface area contributed by atoms with Crippen molar-refractivity contribution in [3.8, 4) is 0 Å². The minimum atomic E-state index is -0.216. The van der Waals surface area contributed by atoms with Gasteiger partial charge in [0.15, 0.2) is 0 Å². The molecule has 2 aromatic rings. The molecule has 2 aliphatic heterocycles. The number of likely N-dealkylation sites (tertiary alicyclic amines) is 1. The molecule has 1 fully saturated rings. The molecule has 1 amide bonds. The highest BCUT2D eigenvalue weighted by atomic mass is 16.3. The maximum Gasteiger partial charge on any atom is 0.234 e. The van der Waals surface area contributed by atoms with Gasteiger partial charge in [-0.15, -0.1) is 0 Å². The molecule has 28 heavy (non-hydrogen) atoms. The molecule has 0 spiro atoms. The summed E-state index contributed by atoms with van der Waals surface area (Å²) in [6.45, 7) is 4.21. The number of nitrogens with one attached hydrogen (secondary N) is 1. The van der Waals surface area contributed by atoms with E-state index in [0.29, 0.717) is 13.1 Å². The molecule has 3 heterocycles. The first-order valence-electron chi connectivity index (χ1n) is 10.1. The maximum atomic E-state index is 12.4. The molecule has 6 nitrogen and oxygen atoms in total. The molecule has 6 heteroatoms. The van der Waals surface area contributed by atoms with Crippen LogP contribution in [0.4, 0.5) is 5.82 Å². The highest BCUT2D eigenvalue weighted by molar-refractivity contribution is 5.78. The molecule has 0 saturated carbocycles. The Hall–Kier alpha value is -2.44. The first-order valence-corrected chi connectivity index (χ1v) is 10.1. The minimum absolute atomic E-state index is 0.0233. The summed E-state index contributed by atoms with van der Waals surface area (Å²) in [7, 11) is 0. The summed E-state index contributed by atoms with van der Waals surface area (Å²) < 4.78 is 0. The molecular weight excluding hydrogens is 352 g/mol. The van der Waals surface area contributed by atoms with Crippen molar-refractivity contribution in [2.75, 3.05) is 31.1 Å². The number of carbonyl (C=O) groups excluding carboxylic acids is 1. The van der Waals surface area contributed by atoms with Crippen molar-refractivity contribution in [3.05, 3.63) is 59.3 Å². The second-order valence-electron chi connectivity index (χ2n) is 7.71. The molecule has 1 aromatic heterocycles. The van der Waals surface area contributed by atoms with E-state index in [1.807, 2.05) is 18.3 Å². The van der Waals surface area contributed by atoms with Crippen LogP contribution in [0.15, 0.2) is 42.6 Å². The van der Waals surface area contributed by atoms with Crippen LogP contribution in [-0.2, 0) is 24.3 Å². The number of piperidine rings is 1. The number of hydrogen-bond donors (Lipinski definition) is 2. The van der Waals surface area contributed by atoms with Crippen molar-refractivity contribution in [2.24, 2.45) is 0 Å². The molecule has 0 aliphatic carbocycles. The molecule has 0 unspecified atom stereocenters. The zero-order valence-corrected chi connectivity index (χ0v) is 16.2. The van der Waals surface area contributed by atoms with Gasteiger partial charge in [0.05, 0.1) is 12.6 Å². The molecule has 0 bridgehead atoms. The number of nitrogens with zero attached hydrogens (tertiary/aromatic N) is 3. The Balaban J connectivity index is 1.36. The molecular formula is C22H28N4O2. The van der Waals surface area contributed by atoms with Gasteiger partial charge in [-0.1, -0.05) is 30.3 Å². The number of aliphatic hydroxyl groups is 1. The van der Waals surface area contributed by atoms with Crippen LogP contribution in [-0.4, -0.2) is 53.2 Å². The van der Waals surface area contributed by atoms with Crippen LogP contribution in [0.25, 0.3) is 0 Å². The summed E-state index contributed by atoms with van der Waals surface area (Å²) in [5.41, 5.74) is 3.81. The third-order valence-corrected chi connectivity index (χ3v) is 5.70. The normalized spacial score (nSPS) is 18.0. The number of anilines is 1. The second kappa shape index (κ2) is 8.71. The van der Waals surface area contributed by atoms with E-state index < -0.39 is 0 Å². The van der Waals surface area contributed by atoms with E-state index in [-0.39, 0.29) is 12.0 Å². The Morgan fingerprint density at radius 2 is 1.89 bits per heavy atom. The van der Waals surface area contributed by atoms with Gasteiger partial charge in [0, 0.05) is 44.5 Å². The first-order chi connectivity index (χ1) is 13.7. The monoisotopic (exact) mass is 380 g/mol. The van der Waals surface area contributed by atoms with E-state index in [2.05, 4.69) is 44.4 Å². The highest BCUT2D eigenvalue weighted by Crippen LogP contribution is 2.25. The topological polar surface area (TPSA) is 68.7 Å². The SMILES string of the molecule is O=C(CN1CCC(O)CC1)NCc1cccnc1N1CCc2ccccc2C1. The average Bonchev–Trinajstić information content (AvgIpc) is 2.74. The van der Waals surface area contributed by atoms with Crippen molar-refractivity contribution in [1.29, 1.82) is 0 Å². The van der Waals surface area contributed by atoms with E-state index in [4.69, 9.17) is 0 Å². The van der Waals surface area contributed by atoms with Gasteiger partial charge in [0.2, 0.25) is 5.91 Å². The third-order valence-electron chi connectivity index (χ3n) is 5.70. The minimum Gasteiger partial charge on any atom is -0.393 e. The number of rotatable bonds is 5. The number of amides is 1. The molecule has 2 N–H and O–H groups in total. The van der Waals surface area contributed by atoms with Crippen molar-refractivity contribution in [3.63, 3.8) is 0 Å². The zero-order chi connectivity index (χ0) is 19.3. The van der Waals surface area contributed by atoms with E-state index >= 15 is 0 Å². The van der Waals surface area contributed by atoms with Gasteiger partial charge in [0.25, 0.3) is 0 Å². The van der Waals surface area contributed by atoms with Crippen LogP contribution >= 0.6 is 0 Å². The maximum absolute atomic E-state index is 12.4. The number of pyridine rings is 1. The van der Waals surface area contributed by atoms with E-state index in [0.717, 1.165) is 56.8 Å². The Bertz CT molecular complexity index is 818. The Morgan fingerprint density at radius 3 is 2.71 bits per heavy atom. The van der Waals surface area contributed by atoms with E-state index in [1.54, 1.807) is 0 Å². The number of aliphatic hydroxyl groups excluding tert-OH is 1. The lowest BCUT2D eigenvalue weighted by Crippen LogP contribution is -2.42. The summed E-state index contributed by atoms with van der Waals surface area (Å²) in [5.74, 6) is 0.980. The smallest absolute Gasteiger partial charge is 0.234 e. The molecule has 0 radical (unpaired) electrons. The van der Waals surface area contributed by atoms with Gasteiger partial charge in [-0.25, -0.2) is 4.98 Å².